The van der Waals surface area contributed by atoms with Gasteiger partial charge < -0.3 is 14.8 Å². The van der Waals surface area contributed by atoms with E-state index in [9.17, 15) is 0 Å². The van der Waals surface area contributed by atoms with Crippen LogP contribution in [0.1, 0.15) is 11.1 Å². The van der Waals surface area contributed by atoms with Crippen molar-refractivity contribution in [3.8, 4) is 45.5 Å². The molecule has 1 aliphatic carbocycles. The average molecular weight is 684 g/mol. The Labute approximate surface area is 305 Å². The van der Waals surface area contributed by atoms with Crippen molar-refractivity contribution < 1.29 is 9.47 Å². The van der Waals surface area contributed by atoms with Crippen molar-refractivity contribution in [2.75, 3.05) is 4.90 Å². The standard InChI is InChI=1S/C46H29N5O2/c1-3-12-28(13-4-1)42-44(49-34-18-9-7-16-32(34)47-42)30-22-24-36-40(26-30)52-38-20-11-21-39-46(38)51(36)37-25-23-31(27-41(37)53-39)45-43(29-14-5-2-6-15-29)48-33-17-8-10-19-35(33)50-45/h1-27,34,49H. The average Bonchev–Trinajstić information content (AvgIpc) is 3.23. The van der Waals surface area contributed by atoms with Gasteiger partial charge in [-0.15, -0.1) is 0 Å². The Bertz CT molecular complexity index is 2770. The third kappa shape index (κ3) is 4.78. The minimum atomic E-state index is -0.0160. The van der Waals surface area contributed by atoms with E-state index in [4.69, 9.17) is 24.4 Å². The van der Waals surface area contributed by atoms with Gasteiger partial charge in [-0.1, -0.05) is 109 Å². The van der Waals surface area contributed by atoms with Crippen LogP contribution >= 0.6 is 0 Å². The van der Waals surface area contributed by atoms with Gasteiger partial charge in [-0.05, 0) is 54.6 Å². The van der Waals surface area contributed by atoms with Crippen molar-refractivity contribution in [3.63, 3.8) is 0 Å². The Morgan fingerprint density at radius 1 is 0.528 bits per heavy atom. The Morgan fingerprint density at radius 2 is 1.13 bits per heavy atom. The van der Waals surface area contributed by atoms with Crippen LogP contribution in [0.4, 0.5) is 17.1 Å². The number of anilines is 3. The second kappa shape index (κ2) is 11.6. The molecule has 0 saturated carbocycles. The van der Waals surface area contributed by atoms with Gasteiger partial charge in [-0.3, -0.25) is 4.90 Å². The van der Waals surface area contributed by atoms with Crippen molar-refractivity contribution in [1.29, 1.82) is 0 Å². The van der Waals surface area contributed by atoms with Gasteiger partial charge in [0.1, 0.15) is 5.69 Å². The molecule has 7 aromatic rings. The molecule has 0 spiro atoms. The highest BCUT2D eigenvalue weighted by atomic mass is 16.5. The van der Waals surface area contributed by atoms with E-state index in [2.05, 4.69) is 89.1 Å². The van der Waals surface area contributed by atoms with Gasteiger partial charge in [-0.2, -0.15) is 0 Å². The molecule has 4 heterocycles. The fourth-order valence-corrected chi connectivity index (χ4v) is 7.55. The summed E-state index contributed by atoms with van der Waals surface area (Å²) in [5, 5.41) is 3.77. The van der Waals surface area contributed by atoms with E-state index in [1.54, 1.807) is 0 Å². The number of rotatable bonds is 4. The number of allylic oxidation sites excluding steroid dienone is 2. The number of ether oxygens (including phenoxy) is 2. The maximum absolute atomic E-state index is 6.67. The molecular weight excluding hydrogens is 655 g/mol. The molecule has 53 heavy (non-hydrogen) atoms. The van der Waals surface area contributed by atoms with Crippen molar-refractivity contribution >= 4 is 45.2 Å². The van der Waals surface area contributed by atoms with Gasteiger partial charge in [0.2, 0.25) is 0 Å². The van der Waals surface area contributed by atoms with Crippen molar-refractivity contribution in [3.05, 3.63) is 175 Å². The first-order valence-electron chi connectivity index (χ1n) is 17.6. The molecule has 1 N–H and O–H groups in total. The molecule has 0 bridgehead atoms. The van der Waals surface area contributed by atoms with Crippen LogP contribution in [0.15, 0.2) is 169 Å². The number of nitrogens with zero attached hydrogens (tertiary/aromatic N) is 4. The first-order chi connectivity index (χ1) is 26.2. The molecule has 0 fully saturated rings. The highest BCUT2D eigenvalue weighted by molar-refractivity contribution is 6.10. The molecule has 1 unspecified atom stereocenters. The summed E-state index contributed by atoms with van der Waals surface area (Å²) in [6.07, 6.45) is 8.29. The number of nitrogens with one attached hydrogen (secondary N) is 1. The van der Waals surface area contributed by atoms with Gasteiger partial charge in [-0.25, -0.2) is 15.0 Å². The summed E-state index contributed by atoms with van der Waals surface area (Å²) in [5.74, 6) is 2.91. The summed E-state index contributed by atoms with van der Waals surface area (Å²) in [6, 6.07) is 47.1. The molecule has 7 nitrogen and oxygen atoms in total. The van der Waals surface area contributed by atoms with Crippen LogP contribution in [0, 0.1) is 0 Å². The summed E-state index contributed by atoms with van der Waals surface area (Å²) >= 11 is 0. The van der Waals surface area contributed by atoms with Gasteiger partial charge in [0.15, 0.2) is 23.0 Å². The SMILES string of the molecule is C1=CC2=NC(c3ccccc3)=C(c3ccc4c(c3)Oc3cccc5c3N4c3ccc(-c4nc6ccccc6nc4-c4ccccc4)cc3O5)NC2C=C1. The molecule has 0 radical (unpaired) electrons. The van der Waals surface area contributed by atoms with E-state index >= 15 is 0 Å². The lowest BCUT2D eigenvalue weighted by Crippen LogP contribution is -2.37. The summed E-state index contributed by atoms with van der Waals surface area (Å²) < 4.78 is 13.3. The third-order valence-corrected chi connectivity index (χ3v) is 10.0. The predicted octanol–water partition coefficient (Wildman–Crippen LogP) is 11.0. The van der Waals surface area contributed by atoms with Gasteiger partial charge in [0.25, 0.3) is 0 Å². The van der Waals surface area contributed by atoms with E-state index in [0.717, 1.165) is 102 Å². The van der Waals surface area contributed by atoms with E-state index in [0.29, 0.717) is 0 Å². The zero-order valence-corrected chi connectivity index (χ0v) is 28.3. The number of aliphatic imine (C=N–C) groups is 1. The maximum Gasteiger partial charge on any atom is 0.155 e. The topological polar surface area (TPSA) is 71.9 Å². The summed E-state index contributed by atoms with van der Waals surface area (Å²) in [5.41, 5.74) is 12.8. The van der Waals surface area contributed by atoms with Crippen LogP contribution in [-0.2, 0) is 0 Å². The molecule has 11 rings (SSSR count). The lowest BCUT2D eigenvalue weighted by atomic mass is 9.97. The first-order valence-corrected chi connectivity index (χ1v) is 17.6. The van der Waals surface area contributed by atoms with Crippen LogP contribution in [0.5, 0.6) is 23.0 Å². The van der Waals surface area contributed by atoms with Crippen molar-refractivity contribution in [2.24, 2.45) is 4.99 Å². The molecule has 3 aliphatic heterocycles. The minimum Gasteiger partial charge on any atom is -0.453 e. The number of para-hydroxylation sites is 3. The summed E-state index contributed by atoms with van der Waals surface area (Å²) in [4.78, 5) is 17.6. The normalized spacial score (nSPS) is 16.0. The molecule has 0 amide bonds. The highest BCUT2D eigenvalue weighted by Gasteiger charge is 2.35. The Morgan fingerprint density at radius 3 is 1.83 bits per heavy atom. The fraction of sp³-hybridized carbons (Fsp3) is 0.0217. The predicted molar refractivity (Wildman–Crippen MR) is 211 cm³/mol. The zero-order chi connectivity index (χ0) is 34.9. The highest BCUT2D eigenvalue weighted by Crippen LogP contribution is 2.60. The van der Waals surface area contributed by atoms with Crippen LogP contribution in [0.25, 0.3) is 44.9 Å². The second-order valence-electron chi connectivity index (χ2n) is 13.3. The first kappa shape index (κ1) is 29.5. The number of aromatic nitrogens is 2. The number of hydrogen-bond acceptors (Lipinski definition) is 7. The quantitative estimate of drug-likeness (QED) is 0.199. The molecule has 7 heteroatoms. The molecule has 4 aliphatic rings. The van der Waals surface area contributed by atoms with E-state index in [1.165, 1.54) is 0 Å². The number of benzene rings is 6. The van der Waals surface area contributed by atoms with Crippen LogP contribution in [-0.4, -0.2) is 21.7 Å². The Balaban J connectivity index is 1.05. The molecule has 1 atom stereocenters. The van der Waals surface area contributed by atoms with E-state index in [-0.39, 0.29) is 6.04 Å². The Hall–Kier alpha value is -7.25. The molecule has 250 valence electrons. The maximum atomic E-state index is 6.67. The number of fused-ring (bicyclic) bond motifs is 6. The summed E-state index contributed by atoms with van der Waals surface area (Å²) in [7, 11) is 0. The monoisotopic (exact) mass is 683 g/mol. The van der Waals surface area contributed by atoms with E-state index in [1.807, 2.05) is 84.9 Å². The molecular formula is C46H29N5O2. The van der Waals surface area contributed by atoms with Crippen molar-refractivity contribution in [2.45, 2.75) is 6.04 Å². The largest absolute Gasteiger partial charge is 0.453 e. The van der Waals surface area contributed by atoms with Gasteiger partial charge in [0, 0.05) is 22.3 Å². The van der Waals surface area contributed by atoms with Gasteiger partial charge >= 0.3 is 0 Å². The van der Waals surface area contributed by atoms with Gasteiger partial charge in [0.05, 0.1) is 56.9 Å². The smallest absolute Gasteiger partial charge is 0.155 e. The van der Waals surface area contributed by atoms with Crippen LogP contribution < -0.4 is 19.7 Å². The molecule has 0 saturated heterocycles. The second-order valence-corrected chi connectivity index (χ2v) is 13.3. The van der Waals surface area contributed by atoms with Crippen LogP contribution in [0.3, 0.4) is 0 Å². The number of hydrogen-bond donors (Lipinski definition) is 1. The molecule has 6 aromatic carbocycles. The third-order valence-electron chi connectivity index (χ3n) is 10.0. The minimum absolute atomic E-state index is 0.0160. The molecule has 1 aromatic heterocycles. The lowest BCUT2D eigenvalue weighted by molar-refractivity contribution is 0.446. The lowest BCUT2D eigenvalue weighted by Gasteiger charge is -2.38. The summed E-state index contributed by atoms with van der Waals surface area (Å²) in [6.45, 7) is 0. The Kier molecular flexibility index (Phi) is 6.48. The zero-order valence-electron chi connectivity index (χ0n) is 28.3. The van der Waals surface area contributed by atoms with E-state index < -0.39 is 0 Å². The van der Waals surface area contributed by atoms with Crippen molar-refractivity contribution in [1.82, 2.24) is 15.3 Å². The fourth-order valence-electron chi connectivity index (χ4n) is 7.55. The van der Waals surface area contributed by atoms with Crippen LogP contribution in [0.2, 0.25) is 0 Å².